The number of aryl methyl sites for hydroxylation is 1. The first-order chi connectivity index (χ1) is 14.1. The van der Waals surface area contributed by atoms with Crippen LogP contribution in [0.25, 0.3) is 0 Å². The number of rotatable bonds is 5. The Labute approximate surface area is 173 Å². The zero-order valence-electron chi connectivity index (χ0n) is 17.3. The molecule has 1 amide bonds. The van der Waals surface area contributed by atoms with Gasteiger partial charge in [0.05, 0.1) is 5.56 Å². The molecule has 1 saturated carbocycles. The molecule has 0 atom stereocenters. The Bertz CT molecular complexity index is 875. The van der Waals surface area contributed by atoms with E-state index in [9.17, 15) is 18.0 Å². The fourth-order valence-corrected chi connectivity index (χ4v) is 3.62. The molecule has 1 aliphatic rings. The van der Waals surface area contributed by atoms with Gasteiger partial charge >= 0.3 is 6.18 Å². The van der Waals surface area contributed by atoms with Crippen molar-refractivity contribution in [3.8, 4) is 0 Å². The molecule has 2 aromatic rings. The molecule has 1 fully saturated rings. The number of alkyl halides is 3. The molecule has 9 heteroatoms. The van der Waals surface area contributed by atoms with Gasteiger partial charge in [0.2, 0.25) is 11.9 Å². The van der Waals surface area contributed by atoms with Gasteiger partial charge in [-0.3, -0.25) is 4.79 Å². The number of carbonyl (C=O) groups is 1. The Hall–Kier alpha value is -2.84. The van der Waals surface area contributed by atoms with Crippen molar-refractivity contribution in [2.24, 2.45) is 5.92 Å². The monoisotopic (exact) mass is 421 g/mol. The predicted molar refractivity (Wildman–Crippen MR) is 111 cm³/mol. The molecular weight excluding hydrogens is 395 g/mol. The van der Waals surface area contributed by atoms with Crippen LogP contribution in [0.3, 0.4) is 0 Å². The molecule has 1 aliphatic carbocycles. The van der Waals surface area contributed by atoms with E-state index in [1.165, 1.54) is 12.1 Å². The van der Waals surface area contributed by atoms with E-state index in [0.717, 1.165) is 36.4 Å². The maximum atomic E-state index is 12.6. The summed E-state index contributed by atoms with van der Waals surface area (Å²) < 4.78 is 37.9. The number of nitrogens with one attached hydrogen (secondary N) is 2. The quantitative estimate of drug-likeness (QED) is 0.745. The number of hydrogen-bond donors (Lipinski definition) is 2. The third-order valence-electron chi connectivity index (χ3n) is 5.28. The molecule has 1 aromatic carbocycles. The first kappa shape index (κ1) is 21.9. The summed E-state index contributed by atoms with van der Waals surface area (Å²) in [5.41, 5.74) is 0.634. The molecule has 0 bridgehead atoms. The van der Waals surface area contributed by atoms with Gasteiger partial charge in [0.15, 0.2) is 0 Å². The summed E-state index contributed by atoms with van der Waals surface area (Å²) in [4.78, 5) is 23.3. The zero-order chi connectivity index (χ0) is 21.9. The van der Waals surface area contributed by atoms with Crippen LogP contribution in [0.5, 0.6) is 0 Å². The van der Waals surface area contributed by atoms with E-state index in [1.807, 2.05) is 25.9 Å². The number of anilines is 3. The van der Waals surface area contributed by atoms with Crippen LogP contribution in [0.1, 0.15) is 36.8 Å². The van der Waals surface area contributed by atoms with Crippen LogP contribution in [0, 0.1) is 12.8 Å². The van der Waals surface area contributed by atoms with Crippen LogP contribution in [0.4, 0.5) is 30.6 Å². The van der Waals surface area contributed by atoms with E-state index >= 15 is 0 Å². The summed E-state index contributed by atoms with van der Waals surface area (Å²) in [7, 11) is 3.86. The zero-order valence-corrected chi connectivity index (χ0v) is 17.3. The molecular formula is C21H26F3N5O. The highest BCUT2D eigenvalue weighted by molar-refractivity contribution is 5.92. The van der Waals surface area contributed by atoms with Crippen LogP contribution in [0.2, 0.25) is 0 Å². The molecule has 162 valence electrons. The second kappa shape index (κ2) is 8.89. The van der Waals surface area contributed by atoms with Crippen molar-refractivity contribution in [3.05, 3.63) is 41.6 Å². The van der Waals surface area contributed by atoms with Crippen LogP contribution >= 0.6 is 0 Å². The summed E-state index contributed by atoms with van der Waals surface area (Å²) in [5, 5.41) is 6.07. The summed E-state index contributed by atoms with van der Waals surface area (Å²) in [6, 6.07) is 4.69. The first-order valence-electron chi connectivity index (χ1n) is 9.89. The molecule has 1 aromatic heterocycles. The molecule has 30 heavy (non-hydrogen) atoms. The van der Waals surface area contributed by atoms with Gasteiger partial charge in [-0.2, -0.15) is 18.2 Å². The van der Waals surface area contributed by atoms with E-state index in [4.69, 9.17) is 0 Å². The lowest BCUT2D eigenvalue weighted by Gasteiger charge is -2.28. The summed E-state index contributed by atoms with van der Waals surface area (Å²) in [5.74, 6) is 1.11. The number of aromatic nitrogens is 2. The van der Waals surface area contributed by atoms with E-state index < -0.39 is 11.7 Å². The summed E-state index contributed by atoms with van der Waals surface area (Å²) >= 11 is 0. The number of amides is 1. The van der Waals surface area contributed by atoms with Gasteiger partial charge in [0, 0.05) is 43.5 Å². The fourth-order valence-electron chi connectivity index (χ4n) is 3.62. The van der Waals surface area contributed by atoms with Gasteiger partial charge in [0.25, 0.3) is 0 Å². The second-order valence-electron chi connectivity index (χ2n) is 7.85. The van der Waals surface area contributed by atoms with Gasteiger partial charge in [-0.1, -0.05) is 0 Å². The minimum atomic E-state index is -4.39. The smallest absolute Gasteiger partial charge is 0.362 e. The highest BCUT2D eigenvalue weighted by atomic mass is 19.4. The average Bonchev–Trinajstić information content (AvgIpc) is 2.69. The first-order valence-corrected chi connectivity index (χ1v) is 9.89. The SMILES string of the molecule is Cc1cnc(NC2CCC(C(=O)Nc3ccc(C(F)(F)F)cc3)CC2)nc1N(C)C. The van der Waals surface area contributed by atoms with Crippen molar-refractivity contribution in [2.45, 2.75) is 44.8 Å². The molecule has 0 aliphatic heterocycles. The number of carbonyl (C=O) groups excluding carboxylic acids is 1. The maximum absolute atomic E-state index is 12.6. The molecule has 1 heterocycles. The summed E-state index contributed by atoms with van der Waals surface area (Å²) in [6.07, 6.45) is 0.364. The van der Waals surface area contributed by atoms with Crippen molar-refractivity contribution in [2.75, 3.05) is 29.6 Å². The topological polar surface area (TPSA) is 70.1 Å². The van der Waals surface area contributed by atoms with Gasteiger partial charge in [-0.15, -0.1) is 0 Å². The van der Waals surface area contributed by atoms with E-state index in [0.29, 0.717) is 24.5 Å². The minimum Gasteiger partial charge on any atom is -0.362 e. The van der Waals surface area contributed by atoms with Gasteiger partial charge in [-0.05, 0) is 56.9 Å². The van der Waals surface area contributed by atoms with Crippen molar-refractivity contribution >= 4 is 23.4 Å². The molecule has 0 unspecified atom stereocenters. The second-order valence-corrected chi connectivity index (χ2v) is 7.85. The lowest BCUT2D eigenvalue weighted by Crippen LogP contribution is -2.32. The van der Waals surface area contributed by atoms with Crippen molar-refractivity contribution in [1.29, 1.82) is 0 Å². The summed E-state index contributed by atoms with van der Waals surface area (Å²) in [6.45, 7) is 1.96. The minimum absolute atomic E-state index is 0.158. The lowest BCUT2D eigenvalue weighted by molar-refractivity contribution is -0.137. The molecule has 2 N–H and O–H groups in total. The average molecular weight is 421 g/mol. The van der Waals surface area contributed by atoms with E-state index in [-0.39, 0.29) is 17.9 Å². The van der Waals surface area contributed by atoms with Crippen LogP contribution in [-0.4, -0.2) is 36.0 Å². The fraction of sp³-hybridized carbons (Fsp3) is 0.476. The van der Waals surface area contributed by atoms with E-state index in [1.54, 1.807) is 6.20 Å². The van der Waals surface area contributed by atoms with Gasteiger partial charge < -0.3 is 15.5 Å². The van der Waals surface area contributed by atoms with Gasteiger partial charge in [0.1, 0.15) is 5.82 Å². The predicted octanol–water partition coefficient (Wildman–Crippen LogP) is 4.48. The Balaban J connectivity index is 1.51. The number of hydrogen-bond acceptors (Lipinski definition) is 5. The Morgan fingerprint density at radius 1 is 1.10 bits per heavy atom. The third kappa shape index (κ3) is 5.40. The molecule has 0 saturated heterocycles. The standard InChI is InChI=1S/C21H26F3N5O/c1-13-12-25-20(28-18(13)29(2)3)27-17-8-4-14(5-9-17)19(30)26-16-10-6-15(7-11-16)21(22,23)24/h6-7,10-12,14,17H,4-5,8-9H2,1-3H3,(H,26,30)(H,25,27,28). The lowest BCUT2D eigenvalue weighted by atomic mass is 9.85. The molecule has 6 nitrogen and oxygen atoms in total. The van der Waals surface area contributed by atoms with Crippen LogP contribution in [-0.2, 0) is 11.0 Å². The number of nitrogens with zero attached hydrogens (tertiary/aromatic N) is 3. The Kier molecular flexibility index (Phi) is 6.48. The Morgan fingerprint density at radius 2 is 1.73 bits per heavy atom. The van der Waals surface area contributed by atoms with Crippen molar-refractivity contribution in [3.63, 3.8) is 0 Å². The number of benzene rings is 1. The van der Waals surface area contributed by atoms with E-state index in [2.05, 4.69) is 20.6 Å². The molecule has 3 rings (SSSR count). The molecule has 0 radical (unpaired) electrons. The van der Waals surface area contributed by atoms with Crippen LogP contribution in [0.15, 0.2) is 30.5 Å². The number of halogens is 3. The van der Waals surface area contributed by atoms with Crippen molar-refractivity contribution in [1.82, 2.24) is 9.97 Å². The normalized spacial score (nSPS) is 19.3. The third-order valence-corrected chi connectivity index (χ3v) is 5.28. The largest absolute Gasteiger partial charge is 0.416 e. The Morgan fingerprint density at radius 3 is 2.30 bits per heavy atom. The highest BCUT2D eigenvalue weighted by Gasteiger charge is 2.30. The van der Waals surface area contributed by atoms with Gasteiger partial charge in [-0.25, -0.2) is 4.98 Å². The van der Waals surface area contributed by atoms with Crippen molar-refractivity contribution < 1.29 is 18.0 Å². The van der Waals surface area contributed by atoms with Crippen LogP contribution < -0.4 is 15.5 Å². The maximum Gasteiger partial charge on any atom is 0.416 e. The highest BCUT2D eigenvalue weighted by Crippen LogP contribution is 2.31. The molecule has 0 spiro atoms.